The Kier molecular flexibility index (Phi) is 4.49. The number of furan rings is 1. The highest BCUT2D eigenvalue weighted by atomic mass is 16.3. The van der Waals surface area contributed by atoms with Crippen LogP contribution in [-0.2, 0) is 7.05 Å². The van der Waals surface area contributed by atoms with Crippen molar-refractivity contribution in [3.8, 4) is 0 Å². The Balaban J connectivity index is 1.43. The lowest BCUT2D eigenvalue weighted by molar-refractivity contribution is 0.0762. The van der Waals surface area contributed by atoms with Gasteiger partial charge < -0.3 is 19.5 Å². The molecule has 3 amide bonds. The average Bonchev–Trinajstić information content (AvgIpc) is 3.25. The summed E-state index contributed by atoms with van der Waals surface area (Å²) in [6.07, 6.45) is 3.64. The molecule has 0 unspecified atom stereocenters. The highest BCUT2D eigenvalue weighted by Gasteiger charge is 2.23. The van der Waals surface area contributed by atoms with Gasteiger partial charge in [0.15, 0.2) is 0 Å². The Morgan fingerprint density at radius 1 is 1.07 bits per heavy atom. The molecule has 0 aliphatic carbocycles. The third kappa shape index (κ3) is 3.48. The number of benzene rings is 1. The molecule has 3 heterocycles. The van der Waals surface area contributed by atoms with E-state index in [2.05, 4.69) is 15.5 Å². The molecule has 3 aromatic rings. The Labute approximate surface area is 155 Å². The lowest BCUT2D eigenvalue weighted by atomic mass is 10.2. The van der Waals surface area contributed by atoms with Crippen molar-refractivity contribution in [3.05, 3.63) is 42.4 Å². The molecule has 1 aliphatic rings. The number of aromatic nitrogens is 3. The van der Waals surface area contributed by atoms with Gasteiger partial charge in [-0.15, -0.1) is 0 Å². The number of urea groups is 1. The summed E-state index contributed by atoms with van der Waals surface area (Å²) in [7, 11) is 1.74. The van der Waals surface area contributed by atoms with Crippen molar-refractivity contribution in [2.24, 2.45) is 7.05 Å². The molecular formula is C18H20N6O3. The van der Waals surface area contributed by atoms with E-state index in [9.17, 15) is 9.59 Å². The fourth-order valence-electron chi connectivity index (χ4n) is 3.23. The number of rotatable bonds is 2. The van der Waals surface area contributed by atoms with Gasteiger partial charge in [-0.3, -0.25) is 4.79 Å². The molecule has 9 heteroatoms. The minimum Gasteiger partial charge on any atom is -0.472 e. The number of amides is 3. The molecule has 1 fully saturated rings. The zero-order valence-corrected chi connectivity index (χ0v) is 15.0. The number of hydrogen-bond donors (Lipinski definition) is 1. The monoisotopic (exact) mass is 368 g/mol. The molecule has 1 aromatic carbocycles. The molecule has 27 heavy (non-hydrogen) atoms. The molecular weight excluding hydrogens is 348 g/mol. The zero-order chi connectivity index (χ0) is 18.8. The summed E-state index contributed by atoms with van der Waals surface area (Å²) in [6.45, 7) is 2.13. The maximum Gasteiger partial charge on any atom is 0.321 e. The SMILES string of the molecule is Cn1nc2cccc(NC(=O)N3CCCN(C(=O)c4ccoc4)CC3)c2n1. The number of hydrogen-bond acceptors (Lipinski definition) is 5. The molecule has 4 rings (SSSR count). The van der Waals surface area contributed by atoms with E-state index >= 15 is 0 Å². The summed E-state index contributed by atoms with van der Waals surface area (Å²) >= 11 is 0. The van der Waals surface area contributed by atoms with Crippen LogP contribution in [0.1, 0.15) is 16.8 Å². The third-order valence-corrected chi connectivity index (χ3v) is 4.59. The molecule has 0 saturated carbocycles. The summed E-state index contributed by atoms with van der Waals surface area (Å²) in [5.74, 6) is -0.0738. The normalized spacial score (nSPS) is 15.0. The first-order chi connectivity index (χ1) is 13.1. The summed E-state index contributed by atoms with van der Waals surface area (Å²) in [5.41, 5.74) is 2.53. The van der Waals surface area contributed by atoms with Crippen molar-refractivity contribution < 1.29 is 14.0 Å². The molecule has 1 N–H and O–H groups in total. The number of nitrogens with one attached hydrogen (secondary N) is 1. The van der Waals surface area contributed by atoms with Gasteiger partial charge in [0.2, 0.25) is 0 Å². The quantitative estimate of drug-likeness (QED) is 0.746. The lowest BCUT2D eigenvalue weighted by Gasteiger charge is -2.22. The van der Waals surface area contributed by atoms with Gasteiger partial charge in [0.1, 0.15) is 17.3 Å². The van der Waals surface area contributed by atoms with Gasteiger partial charge in [-0.1, -0.05) is 6.07 Å². The van der Waals surface area contributed by atoms with E-state index in [0.717, 1.165) is 5.52 Å². The van der Waals surface area contributed by atoms with Gasteiger partial charge in [-0.2, -0.15) is 15.0 Å². The molecule has 0 atom stereocenters. The van der Waals surface area contributed by atoms with Crippen LogP contribution < -0.4 is 5.32 Å². The van der Waals surface area contributed by atoms with Gasteiger partial charge in [0.25, 0.3) is 5.91 Å². The molecule has 0 radical (unpaired) electrons. The summed E-state index contributed by atoms with van der Waals surface area (Å²) in [4.78, 5) is 30.1. The van der Waals surface area contributed by atoms with Crippen molar-refractivity contribution >= 4 is 28.7 Å². The summed E-state index contributed by atoms with van der Waals surface area (Å²) in [6, 6.07) is 6.94. The first-order valence-corrected chi connectivity index (χ1v) is 8.79. The van der Waals surface area contributed by atoms with Crippen molar-refractivity contribution in [1.29, 1.82) is 0 Å². The number of aryl methyl sites for hydroxylation is 1. The molecule has 140 valence electrons. The smallest absolute Gasteiger partial charge is 0.321 e. The van der Waals surface area contributed by atoms with E-state index in [-0.39, 0.29) is 11.9 Å². The predicted octanol–water partition coefficient (Wildman–Crippen LogP) is 1.94. The maximum atomic E-state index is 12.7. The highest BCUT2D eigenvalue weighted by Crippen LogP contribution is 2.20. The van der Waals surface area contributed by atoms with Gasteiger partial charge in [0.05, 0.1) is 17.5 Å². The first-order valence-electron chi connectivity index (χ1n) is 8.79. The second kappa shape index (κ2) is 7.10. The van der Waals surface area contributed by atoms with Crippen molar-refractivity contribution in [2.45, 2.75) is 6.42 Å². The van der Waals surface area contributed by atoms with E-state index < -0.39 is 0 Å². The zero-order valence-electron chi connectivity index (χ0n) is 15.0. The van der Waals surface area contributed by atoms with Crippen LogP contribution in [0.15, 0.2) is 41.2 Å². The molecule has 0 bridgehead atoms. The average molecular weight is 368 g/mol. The molecule has 9 nitrogen and oxygen atoms in total. The largest absolute Gasteiger partial charge is 0.472 e. The van der Waals surface area contributed by atoms with E-state index in [1.807, 2.05) is 18.2 Å². The fraction of sp³-hybridized carbons (Fsp3) is 0.333. The third-order valence-electron chi connectivity index (χ3n) is 4.59. The Bertz CT molecular complexity index is 965. The number of carbonyl (C=O) groups is 2. The minimum atomic E-state index is -0.203. The van der Waals surface area contributed by atoms with Crippen LogP contribution in [0.25, 0.3) is 11.0 Å². The van der Waals surface area contributed by atoms with E-state index in [1.165, 1.54) is 17.3 Å². The van der Waals surface area contributed by atoms with Crippen LogP contribution in [0.3, 0.4) is 0 Å². The maximum absolute atomic E-state index is 12.7. The van der Waals surface area contributed by atoms with Gasteiger partial charge in [0, 0.05) is 33.2 Å². The van der Waals surface area contributed by atoms with Crippen molar-refractivity contribution in [2.75, 3.05) is 31.5 Å². The molecule has 0 spiro atoms. The fourth-order valence-corrected chi connectivity index (χ4v) is 3.23. The highest BCUT2D eigenvalue weighted by molar-refractivity contribution is 5.98. The Hall–Kier alpha value is -3.36. The number of fused-ring (bicyclic) bond motifs is 1. The Morgan fingerprint density at radius 3 is 2.70 bits per heavy atom. The van der Waals surface area contributed by atoms with Crippen LogP contribution in [0.5, 0.6) is 0 Å². The van der Waals surface area contributed by atoms with Crippen LogP contribution >= 0.6 is 0 Å². The van der Waals surface area contributed by atoms with Crippen LogP contribution in [0.4, 0.5) is 10.5 Å². The number of nitrogens with zero attached hydrogens (tertiary/aromatic N) is 5. The standard InChI is InChI=1S/C18H20N6O3/c1-22-20-15-5-2-4-14(16(15)21-22)19-18(26)24-8-3-7-23(9-10-24)17(25)13-6-11-27-12-13/h2,4-6,11-12H,3,7-10H2,1H3,(H,19,26). The Morgan fingerprint density at radius 2 is 1.89 bits per heavy atom. The predicted molar refractivity (Wildman–Crippen MR) is 98.3 cm³/mol. The minimum absolute atomic E-state index is 0.0738. The van der Waals surface area contributed by atoms with E-state index in [4.69, 9.17) is 4.42 Å². The molecule has 1 aliphatic heterocycles. The molecule has 1 saturated heterocycles. The lowest BCUT2D eigenvalue weighted by Crippen LogP contribution is -2.39. The van der Waals surface area contributed by atoms with Crippen LogP contribution in [0.2, 0.25) is 0 Å². The number of anilines is 1. The van der Waals surface area contributed by atoms with Crippen molar-refractivity contribution in [3.63, 3.8) is 0 Å². The van der Waals surface area contributed by atoms with Crippen LogP contribution in [0, 0.1) is 0 Å². The van der Waals surface area contributed by atoms with Crippen molar-refractivity contribution in [1.82, 2.24) is 24.8 Å². The van der Waals surface area contributed by atoms with Gasteiger partial charge in [-0.05, 0) is 24.6 Å². The van der Waals surface area contributed by atoms with Gasteiger partial charge >= 0.3 is 6.03 Å². The first kappa shape index (κ1) is 17.1. The summed E-state index contributed by atoms with van der Waals surface area (Å²) in [5, 5.41) is 11.5. The second-order valence-electron chi connectivity index (χ2n) is 6.44. The van der Waals surface area contributed by atoms with E-state index in [0.29, 0.717) is 49.4 Å². The second-order valence-corrected chi connectivity index (χ2v) is 6.44. The number of carbonyl (C=O) groups excluding carboxylic acids is 2. The summed E-state index contributed by atoms with van der Waals surface area (Å²) < 4.78 is 4.99. The topological polar surface area (TPSA) is 96.5 Å². The van der Waals surface area contributed by atoms with Gasteiger partial charge in [-0.25, -0.2) is 4.79 Å². The molecule has 2 aromatic heterocycles. The van der Waals surface area contributed by atoms with E-state index in [1.54, 1.807) is 22.9 Å². The van der Waals surface area contributed by atoms with Crippen LogP contribution in [-0.4, -0.2) is 62.9 Å².